The molecule has 6 heteroatoms. The number of hydrogen-bond donors (Lipinski definition) is 0. The Morgan fingerprint density at radius 2 is 2.13 bits per heavy atom. The number of carbonyl (C=O) groups excluding carboxylic acids is 1. The molecule has 0 saturated carbocycles. The van der Waals surface area contributed by atoms with Crippen molar-refractivity contribution >= 4 is 29.9 Å². The smallest absolute Gasteiger partial charge is 0.409 e. The summed E-state index contributed by atoms with van der Waals surface area (Å²) in [6, 6.07) is 7.14. The highest BCUT2D eigenvalue weighted by Gasteiger charge is 2.45. The first-order valence-electron chi connectivity index (χ1n) is 8.23. The summed E-state index contributed by atoms with van der Waals surface area (Å²) >= 11 is 0. The van der Waals surface area contributed by atoms with Crippen LogP contribution in [0.15, 0.2) is 18.2 Å². The largest absolute Gasteiger partial charge is 0.450 e. The number of amides is 1. The summed E-state index contributed by atoms with van der Waals surface area (Å²) in [6.07, 6.45) is 0.866. The second-order valence-corrected chi connectivity index (χ2v) is 6.44. The number of benzene rings is 1. The molecule has 5 nitrogen and oxygen atoms in total. The molecule has 0 N–H and O–H groups in total. The van der Waals surface area contributed by atoms with Crippen LogP contribution in [0.25, 0.3) is 0 Å². The summed E-state index contributed by atoms with van der Waals surface area (Å²) < 4.78 is 5.19. The Morgan fingerprint density at radius 3 is 2.91 bits per heavy atom. The van der Waals surface area contributed by atoms with E-state index in [1.54, 1.807) is 0 Å². The first-order chi connectivity index (χ1) is 10.7. The predicted octanol–water partition coefficient (Wildman–Crippen LogP) is 2.69. The molecule has 1 fully saturated rings. The van der Waals surface area contributed by atoms with Crippen LogP contribution in [0.4, 0.5) is 16.2 Å². The van der Waals surface area contributed by atoms with E-state index in [9.17, 15) is 4.79 Å². The SMILES string of the molecule is CCOC(=O)N1CC[C@H]2[C@@H](C1)c1cccc3c1N2CCN3C.Cl. The number of nitrogens with zero attached hydrogens (tertiary/aromatic N) is 3. The number of fused-ring (bicyclic) bond motifs is 3. The molecule has 1 aromatic carbocycles. The molecular formula is C17H24ClN3O2. The van der Waals surface area contributed by atoms with E-state index in [0.29, 0.717) is 18.6 Å². The zero-order valence-corrected chi connectivity index (χ0v) is 14.5. The van der Waals surface area contributed by atoms with Gasteiger partial charge in [-0.1, -0.05) is 12.1 Å². The van der Waals surface area contributed by atoms with Gasteiger partial charge in [0.1, 0.15) is 0 Å². The molecule has 0 bridgehead atoms. The molecule has 1 aromatic rings. The van der Waals surface area contributed by atoms with E-state index in [1.165, 1.54) is 16.9 Å². The standard InChI is InChI=1S/C17H23N3O2.ClH/c1-3-22-17(21)19-8-7-14-13(11-19)12-5-4-6-15-16(12)20(14)10-9-18(15)2;/h4-6,13-14H,3,7-11H2,1-2H3;1H/t13-,14-;/m0./s1. The normalized spacial score (nSPS) is 24.7. The van der Waals surface area contributed by atoms with Crippen molar-refractivity contribution in [3.8, 4) is 0 Å². The van der Waals surface area contributed by atoms with Gasteiger partial charge < -0.3 is 19.4 Å². The molecule has 3 aliphatic rings. The third-order valence-corrected chi connectivity index (χ3v) is 5.32. The number of anilines is 2. The van der Waals surface area contributed by atoms with Gasteiger partial charge in [-0.15, -0.1) is 12.4 Å². The summed E-state index contributed by atoms with van der Waals surface area (Å²) in [6.45, 7) is 6.04. The van der Waals surface area contributed by atoms with Crippen molar-refractivity contribution in [1.29, 1.82) is 0 Å². The highest BCUT2D eigenvalue weighted by Crippen LogP contribution is 2.50. The molecule has 0 aromatic heterocycles. The zero-order valence-electron chi connectivity index (χ0n) is 13.7. The van der Waals surface area contributed by atoms with Crippen LogP contribution in [0.1, 0.15) is 24.8 Å². The average Bonchev–Trinajstić information content (AvgIpc) is 2.86. The van der Waals surface area contributed by atoms with Crippen molar-refractivity contribution in [2.45, 2.75) is 25.3 Å². The topological polar surface area (TPSA) is 36.0 Å². The minimum atomic E-state index is -0.163. The van der Waals surface area contributed by atoms with Crippen LogP contribution in [-0.4, -0.2) is 56.9 Å². The summed E-state index contributed by atoms with van der Waals surface area (Å²) in [5.41, 5.74) is 4.14. The Kier molecular flexibility index (Phi) is 4.32. The van der Waals surface area contributed by atoms with Crippen LogP contribution >= 0.6 is 12.4 Å². The molecule has 0 spiro atoms. The fourth-order valence-corrected chi connectivity index (χ4v) is 4.29. The van der Waals surface area contributed by atoms with Crippen LogP contribution in [0, 0.1) is 0 Å². The summed E-state index contributed by atoms with van der Waals surface area (Å²) in [5.74, 6) is 0.416. The van der Waals surface area contributed by atoms with Gasteiger partial charge in [0.2, 0.25) is 0 Å². The summed E-state index contributed by atoms with van der Waals surface area (Å²) in [7, 11) is 2.17. The number of ether oxygens (including phenoxy) is 1. The molecule has 0 radical (unpaired) electrons. The molecule has 1 saturated heterocycles. The molecule has 4 rings (SSSR count). The lowest BCUT2D eigenvalue weighted by atomic mass is 9.89. The number of likely N-dealkylation sites (tertiary alicyclic amines) is 1. The third kappa shape index (κ3) is 2.42. The number of para-hydroxylation sites is 1. The van der Waals surface area contributed by atoms with E-state index < -0.39 is 0 Å². The highest BCUT2D eigenvalue weighted by atomic mass is 35.5. The minimum absolute atomic E-state index is 0. The van der Waals surface area contributed by atoms with Crippen LogP contribution in [0.5, 0.6) is 0 Å². The minimum Gasteiger partial charge on any atom is -0.450 e. The summed E-state index contributed by atoms with van der Waals surface area (Å²) in [4.78, 5) is 18.9. The van der Waals surface area contributed by atoms with Gasteiger partial charge in [-0.05, 0) is 25.0 Å². The Hall–Kier alpha value is -1.62. The second-order valence-electron chi connectivity index (χ2n) is 6.44. The lowest BCUT2D eigenvalue weighted by molar-refractivity contribution is 0.0934. The lowest BCUT2D eigenvalue weighted by Crippen LogP contribution is -2.50. The molecule has 3 aliphatic heterocycles. The van der Waals surface area contributed by atoms with Gasteiger partial charge in [0.25, 0.3) is 0 Å². The van der Waals surface area contributed by atoms with E-state index in [0.717, 1.165) is 32.6 Å². The molecule has 126 valence electrons. The molecule has 3 heterocycles. The molecule has 23 heavy (non-hydrogen) atoms. The van der Waals surface area contributed by atoms with E-state index in [-0.39, 0.29) is 18.5 Å². The highest BCUT2D eigenvalue weighted by molar-refractivity contribution is 5.85. The van der Waals surface area contributed by atoms with Crippen molar-refractivity contribution in [2.75, 3.05) is 49.6 Å². The van der Waals surface area contributed by atoms with Gasteiger partial charge in [0.05, 0.1) is 18.0 Å². The van der Waals surface area contributed by atoms with Crippen LogP contribution < -0.4 is 9.80 Å². The Balaban J connectivity index is 0.00000156. The molecule has 0 aliphatic carbocycles. The van der Waals surface area contributed by atoms with Crippen LogP contribution in [0.2, 0.25) is 0 Å². The van der Waals surface area contributed by atoms with Gasteiger partial charge in [0, 0.05) is 45.2 Å². The summed E-state index contributed by atoms with van der Waals surface area (Å²) in [5, 5.41) is 0. The van der Waals surface area contributed by atoms with Crippen molar-refractivity contribution < 1.29 is 9.53 Å². The van der Waals surface area contributed by atoms with Gasteiger partial charge in [-0.2, -0.15) is 0 Å². The first kappa shape index (κ1) is 16.2. The second kappa shape index (κ2) is 6.11. The molecular weight excluding hydrogens is 314 g/mol. The maximum atomic E-state index is 12.1. The lowest BCUT2D eigenvalue weighted by Gasteiger charge is -2.41. The molecule has 2 atom stereocenters. The van der Waals surface area contributed by atoms with Gasteiger partial charge in [0.15, 0.2) is 0 Å². The number of hydrogen-bond acceptors (Lipinski definition) is 4. The molecule has 0 unspecified atom stereocenters. The maximum absolute atomic E-state index is 12.1. The van der Waals surface area contributed by atoms with E-state index in [4.69, 9.17) is 4.74 Å². The Labute approximate surface area is 143 Å². The maximum Gasteiger partial charge on any atom is 0.409 e. The first-order valence-corrected chi connectivity index (χ1v) is 8.23. The number of carbonyl (C=O) groups is 1. The van der Waals surface area contributed by atoms with Crippen molar-refractivity contribution in [3.63, 3.8) is 0 Å². The van der Waals surface area contributed by atoms with Crippen LogP contribution in [-0.2, 0) is 4.74 Å². The van der Waals surface area contributed by atoms with Gasteiger partial charge >= 0.3 is 6.09 Å². The third-order valence-electron chi connectivity index (χ3n) is 5.32. The predicted molar refractivity (Wildman–Crippen MR) is 94.0 cm³/mol. The Bertz CT molecular complexity index is 610. The van der Waals surface area contributed by atoms with Gasteiger partial charge in [-0.25, -0.2) is 4.79 Å². The van der Waals surface area contributed by atoms with E-state index in [1.807, 2.05) is 11.8 Å². The van der Waals surface area contributed by atoms with Gasteiger partial charge in [-0.3, -0.25) is 0 Å². The quantitative estimate of drug-likeness (QED) is 0.789. The monoisotopic (exact) mass is 337 g/mol. The number of halogens is 1. The molecule has 1 amide bonds. The number of rotatable bonds is 1. The fourth-order valence-electron chi connectivity index (χ4n) is 4.29. The van der Waals surface area contributed by atoms with Crippen LogP contribution in [0.3, 0.4) is 0 Å². The number of likely N-dealkylation sites (N-methyl/N-ethyl adjacent to an activating group) is 1. The zero-order chi connectivity index (χ0) is 15.3. The van der Waals surface area contributed by atoms with Crippen molar-refractivity contribution in [1.82, 2.24) is 4.90 Å². The number of piperidine rings is 1. The average molecular weight is 338 g/mol. The fraction of sp³-hybridized carbons (Fsp3) is 0.588. The van der Waals surface area contributed by atoms with Crippen molar-refractivity contribution in [3.05, 3.63) is 23.8 Å². The van der Waals surface area contributed by atoms with Crippen molar-refractivity contribution in [2.24, 2.45) is 0 Å². The van der Waals surface area contributed by atoms with E-state index in [2.05, 4.69) is 35.0 Å². The Morgan fingerprint density at radius 1 is 1.30 bits per heavy atom. The van der Waals surface area contributed by atoms with E-state index >= 15 is 0 Å².